The van der Waals surface area contributed by atoms with Gasteiger partial charge >= 0.3 is 0 Å². The highest BCUT2D eigenvalue weighted by Crippen LogP contribution is 2.41. The van der Waals surface area contributed by atoms with Gasteiger partial charge in [0.2, 0.25) is 0 Å². The van der Waals surface area contributed by atoms with Crippen LogP contribution in [0.25, 0.3) is 11.0 Å². The van der Waals surface area contributed by atoms with Crippen LogP contribution in [0.1, 0.15) is 18.4 Å². The summed E-state index contributed by atoms with van der Waals surface area (Å²) in [6.45, 7) is 2.07. The van der Waals surface area contributed by atoms with Crippen LogP contribution in [-0.2, 0) is 0 Å². The summed E-state index contributed by atoms with van der Waals surface area (Å²) in [5, 5.41) is 13.6. The van der Waals surface area contributed by atoms with Crippen LogP contribution in [0.2, 0.25) is 0 Å². The molecule has 1 aromatic carbocycles. The number of hydrogen-bond acceptors (Lipinski definition) is 4. The van der Waals surface area contributed by atoms with Crippen LogP contribution in [0.15, 0.2) is 23.4 Å². The summed E-state index contributed by atoms with van der Waals surface area (Å²) in [7, 11) is 1.88. The van der Waals surface area contributed by atoms with Crippen LogP contribution in [-0.4, -0.2) is 28.3 Å². The predicted octanol–water partition coefficient (Wildman–Crippen LogP) is 2.86. The first-order valence-corrected chi connectivity index (χ1v) is 7.85. The van der Waals surface area contributed by atoms with Gasteiger partial charge in [0.15, 0.2) is 5.16 Å². The molecule has 1 atom stereocenters. The van der Waals surface area contributed by atoms with E-state index in [0.717, 1.165) is 34.8 Å². The Morgan fingerprint density at radius 2 is 2.35 bits per heavy atom. The number of thioether (sulfide) groups is 1. The number of aromatic nitrogens is 2. The number of fused-ring (bicyclic) bond motifs is 1. The maximum atomic E-state index is 9.48. The standard InChI is InChI=1S/C15H18N4S/c1-10-3-6-12-13(7-10)19-14(18-12)20-9-15(8-16,17-2)11-4-5-11/h3,6-7,11,17H,4-5,9H2,1-2H3,(H,18,19). The highest BCUT2D eigenvalue weighted by molar-refractivity contribution is 7.99. The maximum Gasteiger partial charge on any atom is 0.166 e. The molecule has 1 aliphatic carbocycles. The van der Waals surface area contributed by atoms with Crippen molar-refractivity contribution in [2.75, 3.05) is 12.8 Å². The van der Waals surface area contributed by atoms with E-state index in [2.05, 4.69) is 40.4 Å². The van der Waals surface area contributed by atoms with E-state index in [4.69, 9.17) is 0 Å². The second kappa shape index (κ2) is 5.12. The number of nitrogens with zero attached hydrogens (tertiary/aromatic N) is 2. The Morgan fingerprint density at radius 3 is 3.00 bits per heavy atom. The predicted molar refractivity (Wildman–Crippen MR) is 81.7 cm³/mol. The van der Waals surface area contributed by atoms with Crippen LogP contribution in [0.5, 0.6) is 0 Å². The van der Waals surface area contributed by atoms with Gasteiger partial charge in [-0.3, -0.25) is 0 Å². The van der Waals surface area contributed by atoms with Crippen molar-refractivity contribution in [2.45, 2.75) is 30.5 Å². The van der Waals surface area contributed by atoms with E-state index in [-0.39, 0.29) is 0 Å². The lowest BCUT2D eigenvalue weighted by molar-refractivity contribution is 0.441. The molecule has 2 aromatic rings. The lowest BCUT2D eigenvalue weighted by Crippen LogP contribution is -2.46. The van der Waals surface area contributed by atoms with Gasteiger partial charge in [0.05, 0.1) is 17.1 Å². The summed E-state index contributed by atoms with van der Waals surface area (Å²) in [4.78, 5) is 7.91. The van der Waals surface area contributed by atoms with Crippen LogP contribution < -0.4 is 5.32 Å². The van der Waals surface area contributed by atoms with Crippen molar-refractivity contribution in [1.29, 1.82) is 5.26 Å². The molecule has 5 heteroatoms. The third-order valence-electron chi connectivity index (χ3n) is 3.97. The lowest BCUT2D eigenvalue weighted by atomic mass is 9.98. The zero-order valence-corrected chi connectivity index (χ0v) is 12.5. The van der Waals surface area contributed by atoms with Crippen molar-refractivity contribution < 1.29 is 0 Å². The molecule has 1 aromatic heterocycles. The summed E-state index contributed by atoms with van der Waals surface area (Å²) < 4.78 is 0. The highest BCUT2D eigenvalue weighted by Gasteiger charge is 2.44. The number of nitriles is 1. The molecule has 0 saturated heterocycles. The molecule has 0 radical (unpaired) electrons. The molecule has 2 N–H and O–H groups in total. The third kappa shape index (κ3) is 2.41. The highest BCUT2D eigenvalue weighted by atomic mass is 32.2. The first-order chi connectivity index (χ1) is 9.66. The molecule has 0 amide bonds. The smallest absolute Gasteiger partial charge is 0.166 e. The molecule has 20 heavy (non-hydrogen) atoms. The van der Waals surface area contributed by atoms with Gasteiger partial charge in [-0.1, -0.05) is 17.8 Å². The number of nitrogens with one attached hydrogen (secondary N) is 2. The second-order valence-corrected chi connectivity index (χ2v) is 6.42. The van der Waals surface area contributed by atoms with Crippen molar-refractivity contribution in [2.24, 2.45) is 5.92 Å². The van der Waals surface area contributed by atoms with Crippen molar-refractivity contribution in [1.82, 2.24) is 15.3 Å². The molecule has 1 aliphatic rings. The Balaban J connectivity index is 1.78. The molecule has 0 aliphatic heterocycles. The molecule has 3 rings (SSSR count). The van der Waals surface area contributed by atoms with Gasteiger partial charge in [0, 0.05) is 5.75 Å². The van der Waals surface area contributed by atoms with E-state index >= 15 is 0 Å². The van der Waals surface area contributed by atoms with Gasteiger partial charge in [-0.15, -0.1) is 0 Å². The summed E-state index contributed by atoms with van der Waals surface area (Å²) in [5.41, 5.74) is 2.85. The van der Waals surface area contributed by atoms with E-state index in [9.17, 15) is 5.26 Å². The summed E-state index contributed by atoms with van der Waals surface area (Å²) >= 11 is 1.62. The normalized spacial score (nSPS) is 17.9. The van der Waals surface area contributed by atoms with Crippen LogP contribution in [0.4, 0.5) is 0 Å². The SMILES string of the molecule is CNC(C#N)(CSc1nc2ccc(C)cc2[nH]1)C1CC1. The Kier molecular flexibility index (Phi) is 3.45. The van der Waals surface area contributed by atoms with Crippen LogP contribution >= 0.6 is 11.8 Å². The first-order valence-electron chi connectivity index (χ1n) is 6.86. The zero-order valence-electron chi connectivity index (χ0n) is 11.7. The zero-order chi connectivity index (χ0) is 14.2. The summed E-state index contributed by atoms with van der Waals surface area (Å²) in [5.74, 6) is 1.21. The Bertz CT molecular complexity index is 668. The molecular weight excluding hydrogens is 268 g/mol. The van der Waals surface area contributed by atoms with E-state index in [1.165, 1.54) is 5.56 Å². The minimum atomic E-state index is -0.417. The fourth-order valence-corrected chi connectivity index (χ4v) is 3.65. The average molecular weight is 286 g/mol. The summed E-state index contributed by atoms with van der Waals surface area (Å²) in [6, 6.07) is 8.66. The van der Waals surface area contributed by atoms with Gasteiger partial charge in [0.1, 0.15) is 5.54 Å². The van der Waals surface area contributed by atoms with Crippen molar-refractivity contribution in [3.8, 4) is 6.07 Å². The van der Waals surface area contributed by atoms with Crippen molar-refractivity contribution in [3.05, 3.63) is 23.8 Å². The van der Waals surface area contributed by atoms with E-state index < -0.39 is 5.54 Å². The Hall–Kier alpha value is -1.51. The largest absolute Gasteiger partial charge is 0.333 e. The lowest BCUT2D eigenvalue weighted by Gasteiger charge is -2.24. The fourth-order valence-electron chi connectivity index (χ4n) is 2.50. The number of aryl methyl sites for hydroxylation is 1. The number of hydrogen-bond donors (Lipinski definition) is 2. The van der Waals surface area contributed by atoms with Crippen molar-refractivity contribution in [3.63, 3.8) is 0 Å². The second-order valence-electron chi connectivity index (χ2n) is 5.46. The minimum Gasteiger partial charge on any atom is -0.333 e. The molecular formula is C15H18N4S. The molecule has 4 nitrogen and oxygen atoms in total. The van der Waals surface area contributed by atoms with Gasteiger partial charge in [0.25, 0.3) is 0 Å². The fraction of sp³-hybridized carbons (Fsp3) is 0.467. The monoisotopic (exact) mass is 286 g/mol. The summed E-state index contributed by atoms with van der Waals surface area (Å²) in [6.07, 6.45) is 2.29. The molecule has 0 bridgehead atoms. The van der Waals surface area contributed by atoms with Crippen LogP contribution in [0, 0.1) is 24.2 Å². The van der Waals surface area contributed by atoms with Gasteiger partial charge in [-0.25, -0.2) is 4.98 Å². The minimum absolute atomic E-state index is 0.417. The molecule has 1 saturated carbocycles. The molecule has 1 heterocycles. The maximum absolute atomic E-state index is 9.48. The van der Waals surface area contributed by atoms with Crippen LogP contribution in [0.3, 0.4) is 0 Å². The number of benzene rings is 1. The van der Waals surface area contributed by atoms with Gasteiger partial charge in [-0.05, 0) is 50.4 Å². The van der Waals surface area contributed by atoms with E-state index in [1.807, 2.05) is 13.1 Å². The molecule has 1 unspecified atom stereocenters. The third-order valence-corrected chi connectivity index (χ3v) is 5.04. The average Bonchev–Trinajstić information content (AvgIpc) is 3.22. The quantitative estimate of drug-likeness (QED) is 0.830. The first kappa shape index (κ1) is 13.5. The van der Waals surface area contributed by atoms with Crippen molar-refractivity contribution >= 4 is 22.8 Å². The van der Waals surface area contributed by atoms with E-state index in [0.29, 0.717) is 5.92 Å². The Morgan fingerprint density at radius 1 is 1.55 bits per heavy atom. The van der Waals surface area contributed by atoms with Gasteiger partial charge in [-0.2, -0.15) is 5.26 Å². The Labute approximate surface area is 123 Å². The topological polar surface area (TPSA) is 64.5 Å². The molecule has 1 fully saturated rings. The molecule has 0 spiro atoms. The van der Waals surface area contributed by atoms with E-state index in [1.54, 1.807) is 11.8 Å². The molecule has 104 valence electrons. The van der Waals surface area contributed by atoms with Gasteiger partial charge < -0.3 is 10.3 Å². The number of aromatic amines is 1. The number of rotatable bonds is 5. The number of H-pyrrole nitrogens is 1. The number of imidazole rings is 1.